The van der Waals surface area contributed by atoms with Crippen LogP contribution in [-0.4, -0.2) is 15.6 Å². The van der Waals surface area contributed by atoms with Gasteiger partial charge in [-0.3, -0.25) is 9.48 Å². The van der Waals surface area contributed by atoms with Crippen LogP contribution in [0.5, 0.6) is 0 Å². The number of ketones is 1. The Bertz CT molecular complexity index is 607. The van der Waals surface area contributed by atoms with Gasteiger partial charge in [0.2, 0.25) is 5.78 Å². The third kappa shape index (κ3) is 2.29. The first kappa shape index (κ1) is 12.8. The molecule has 0 saturated heterocycles. The summed E-state index contributed by atoms with van der Waals surface area (Å²) in [5.41, 5.74) is 1.17. The summed E-state index contributed by atoms with van der Waals surface area (Å²) in [6.07, 6.45) is 0.726. The Labute approximate surface area is 109 Å². The molecule has 0 unspecified atom stereocenters. The van der Waals surface area contributed by atoms with Gasteiger partial charge in [-0.2, -0.15) is 5.10 Å². The predicted octanol–water partition coefficient (Wildman–Crippen LogP) is 3.01. The van der Waals surface area contributed by atoms with E-state index in [-0.39, 0.29) is 16.4 Å². The van der Waals surface area contributed by atoms with E-state index in [4.69, 9.17) is 11.6 Å². The van der Waals surface area contributed by atoms with Crippen LogP contribution in [0, 0.1) is 5.82 Å². The molecule has 0 bridgehead atoms. The number of aromatic nitrogens is 2. The third-order valence-corrected chi connectivity index (χ3v) is 2.94. The van der Waals surface area contributed by atoms with Gasteiger partial charge in [0.15, 0.2) is 0 Å². The Kier molecular flexibility index (Phi) is 3.48. The zero-order chi connectivity index (χ0) is 13.3. The molecule has 0 atom stereocenters. The highest BCUT2D eigenvalue weighted by atomic mass is 35.5. The molecule has 0 aliphatic rings. The lowest BCUT2D eigenvalue weighted by Gasteiger charge is -2.03. The highest BCUT2D eigenvalue weighted by molar-refractivity contribution is 6.30. The number of benzene rings is 1. The number of halogens is 2. The minimum absolute atomic E-state index is 0.00468. The summed E-state index contributed by atoms with van der Waals surface area (Å²) >= 11 is 5.66. The zero-order valence-corrected chi connectivity index (χ0v) is 10.8. The van der Waals surface area contributed by atoms with Crippen molar-refractivity contribution in [2.75, 3.05) is 0 Å². The molecule has 0 fully saturated rings. The molecule has 0 N–H and O–H groups in total. The number of hydrogen-bond acceptors (Lipinski definition) is 2. The number of nitrogens with zero attached hydrogens (tertiary/aromatic N) is 2. The average Bonchev–Trinajstić information content (AvgIpc) is 2.70. The van der Waals surface area contributed by atoms with Crippen LogP contribution in [0.2, 0.25) is 5.02 Å². The van der Waals surface area contributed by atoms with Crippen molar-refractivity contribution in [1.82, 2.24) is 9.78 Å². The Morgan fingerprint density at radius 3 is 2.72 bits per heavy atom. The molecular formula is C13H12ClFN2O. The molecule has 5 heteroatoms. The van der Waals surface area contributed by atoms with E-state index in [0.29, 0.717) is 5.69 Å². The van der Waals surface area contributed by atoms with Crippen molar-refractivity contribution < 1.29 is 9.18 Å². The van der Waals surface area contributed by atoms with Crippen LogP contribution in [0.3, 0.4) is 0 Å². The van der Waals surface area contributed by atoms with E-state index in [0.717, 1.165) is 18.2 Å². The van der Waals surface area contributed by atoms with E-state index < -0.39 is 5.82 Å². The van der Waals surface area contributed by atoms with Crippen LogP contribution >= 0.6 is 11.6 Å². The fourth-order valence-corrected chi connectivity index (χ4v) is 1.88. The fourth-order valence-electron chi connectivity index (χ4n) is 1.72. The van der Waals surface area contributed by atoms with Crippen molar-refractivity contribution in [3.8, 4) is 0 Å². The van der Waals surface area contributed by atoms with Crippen molar-refractivity contribution in [2.24, 2.45) is 7.05 Å². The Morgan fingerprint density at radius 1 is 1.44 bits per heavy atom. The van der Waals surface area contributed by atoms with Gasteiger partial charge in [-0.05, 0) is 30.7 Å². The van der Waals surface area contributed by atoms with Crippen LogP contribution < -0.4 is 0 Å². The van der Waals surface area contributed by atoms with Crippen LogP contribution in [0.1, 0.15) is 28.7 Å². The summed E-state index contributed by atoms with van der Waals surface area (Å²) in [4.78, 5) is 12.2. The summed E-state index contributed by atoms with van der Waals surface area (Å²) in [6, 6.07) is 5.69. The molecule has 2 aromatic rings. The average molecular weight is 267 g/mol. The predicted molar refractivity (Wildman–Crippen MR) is 67.4 cm³/mol. The first-order valence-electron chi connectivity index (χ1n) is 5.55. The third-order valence-electron chi connectivity index (χ3n) is 2.70. The van der Waals surface area contributed by atoms with E-state index in [1.165, 1.54) is 16.8 Å². The largest absolute Gasteiger partial charge is 0.287 e. The van der Waals surface area contributed by atoms with E-state index in [2.05, 4.69) is 5.10 Å². The van der Waals surface area contributed by atoms with Gasteiger partial charge in [-0.1, -0.05) is 18.5 Å². The summed E-state index contributed by atoms with van der Waals surface area (Å²) < 4.78 is 15.1. The standard InChI is InChI=1S/C13H12ClFN2O/c1-3-9-7-12(17(2)16-9)13(18)10-5-4-8(14)6-11(10)15/h4-7H,3H2,1-2H3. The van der Waals surface area contributed by atoms with Gasteiger partial charge < -0.3 is 0 Å². The molecule has 0 amide bonds. The Hall–Kier alpha value is -1.68. The monoisotopic (exact) mass is 266 g/mol. The normalized spacial score (nSPS) is 10.7. The summed E-state index contributed by atoms with van der Waals surface area (Å²) in [5, 5.41) is 4.44. The van der Waals surface area contributed by atoms with Gasteiger partial charge in [0.1, 0.15) is 11.5 Å². The second kappa shape index (κ2) is 4.90. The maximum atomic E-state index is 13.7. The number of carbonyl (C=O) groups is 1. The SMILES string of the molecule is CCc1cc(C(=O)c2ccc(Cl)cc2F)n(C)n1. The number of carbonyl (C=O) groups excluding carboxylic acids is 1. The molecule has 0 spiro atoms. The molecule has 3 nitrogen and oxygen atoms in total. The maximum absolute atomic E-state index is 13.7. The maximum Gasteiger partial charge on any atom is 0.213 e. The summed E-state index contributed by atoms with van der Waals surface area (Å²) in [5.74, 6) is -1.01. The molecule has 0 saturated carbocycles. The minimum atomic E-state index is -0.619. The van der Waals surface area contributed by atoms with Gasteiger partial charge in [-0.25, -0.2) is 4.39 Å². The Morgan fingerprint density at radius 2 is 2.17 bits per heavy atom. The van der Waals surface area contributed by atoms with Crippen molar-refractivity contribution in [1.29, 1.82) is 0 Å². The second-order valence-electron chi connectivity index (χ2n) is 3.95. The summed E-state index contributed by atoms with van der Waals surface area (Å²) in [6.45, 7) is 1.94. The quantitative estimate of drug-likeness (QED) is 0.801. The molecule has 2 rings (SSSR count). The molecule has 0 aliphatic carbocycles. The molecule has 94 valence electrons. The lowest BCUT2D eigenvalue weighted by Crippen LogP contribution is -2.09. The zero-order valence-electron chi connectivity index (χ0n) is 10.1. The molecule has 18 heavy (non-hydrogen) atoms. The topological polar surface area (TPSA) is 34.9 Å². The number of hydrogen-bond donors (Lipinski definition) is 0. The molecule has 0 aliphatic heterocycles. The number of aryl methyl sites for hydroxylation is 2. The van der Waals surface area contributed by atoms with Gasteiger partial charge >= 0.3 is 0 Å². The first-order valence-corrected chi connectivity index (χ1v) is 5.93. The van der Waals surface area contributed by atoms with Crippen LogP contribution in [0.15, 0.2) is 24.3 Å². The number of rotatable bonds is 3. The summed E-state index contributed by atoms with van der Waals surface area (Å²) in [7, 11) is 1.67. The lowest BCUT2D eigenvalue weighted by molar-refractivity contribution is 0.102. The van der Waals surface area contributed by atoms with Crippen LogP contribution in [0.4, 0.5) is 4.39 Å². The van der Waals surface area contributed by atoms with Gasteiger partial charge in [0.05, 0.1) is 11.3 Å². The van der Waals surface area contributed by atoms with E-state index in [1.54, 1.807) is 13.1 Å². The van der Waals surface area contributed by atoms with Gasteiger partial charge in [-0.15, -0.1) is 0 Å². The van der Waals surface area contributed by atoms with Crippen LogP contribution in [-0.2, 0) is 13.5 Å². The highest BCUT2D eigenvalue weighted by Crippen LogP contribution is 2.18. The van der Waals surface area contributed by atoms with Gasteiger partial charge in [0, 0.05) is 12.1 Å². The Balaban J connectivity index is 2.44. The molecular weight excluding hydrogens is 255 g/mol. The molecule has 1 aromatic heterocycles. The fraction of sp³-hybridized carbons (Fsp3) is 0.231. The minimum Gasteiger partial charge on any atom is -0.287 e. The molecule has 0 radical (unpaired) electrons. The van der Waals surface area contributed by atoms with Crippen molar-refractivity contribution in [3.63, 3.8) is 0 Å². The van der Waals surface area contributed by atoms with Crippen molar-refractivity contribution in [3.05, 3.63) is 52.1 Å². The van der Waals surface area contributed by atoms with Crippen LogP contribution in [0.25, 0.3) is 0 Å². The van der Waals surface area contributed by atoms with Crippen molar-refractivity contribution >= 4 is 17.4 Å². The highest BCUT2D eigenvalue weighted by Gasteiger charge is 2.18. The molecule has 1 heterocycles. The first-order chi connectivity index (χ1) is 8.52. The smallest absolute Gasteiger partial charge is 0.213 e. The molecule has 1 aromatic carbocycles. The lowest BCUT2D eigenvalue weighted by atomic mass is 10.1. The van der Waals surface area contributed by atoms with E-state index in [1.807, 2.05) is 6.92 Å². The van der Waals surface area contributed by atoms with Gasteiger partial charge in [0.25, 0.3) is 0 Å². The second-order valence-corrected chi connectivity index (χ2v) is 4.39. The van der Waals surface area contributed by atoms with E-state index in [9.17, 15) is 9.18 Å². The van der Waals surface area contributed by atoms with Crippen molar-refractivity contribution in [2.45, 2.75) is 13.3 Å². The van der Waals surface area contributed by atoms with E-state index >= 15 is 0 Å².